The van der Waals surface area contributed by atoms with Crippen molar-refractivity contribution in [3.8, 4) is 11.1 Å². The van der Waals surface area contributed by atoms with Crippen LogP contribution < -0.4 is 5.32 Å². The zero-order valence-corrected chi connectivity index (χ0v) is 17.2. The zero-order valence-electron chi connectivity index (χ0n) is 17.2. The number of aryl methyl sites for hydroxylation is 1. The number of amides is 2. The van der Waals surface area contributed by atoms with E-state index < -0.39 is 29.6 Å². The standard InChI is InChI=1S/C23H24N2O6/c1-15-2-4-16(5-3-15)17-6-8-18(9-7-17)21(27)24-13-20(26)25-14-23(30-10-11-31-23)12-19(25)22(28)29/h2-9,19H,10-14H2,1H3,(H,24,27)(H,28,29)/t19-/m0/s1. The van der Waals surface area contributed by atoms with E-state index in [1.165, 1.54) is 10.5 Å². The molecule has 1 spiro atoms. The second kappa shape index (κ2) is 8.49. The van der Waals surface area contributed by atoms with Crippen molar-refractivity contribution >= 4 is 17.8 Å². The van der Waals surface area contributed by atoms with Gasteiger partial charge in [0.25, 0.3) is 5.91 Å². The first kappa shape index (κ1) is 21.0. The maximum Gasteiger partial charge on any atom is 0.326 e. The molecule has 2 aliphatic rings. The molecule has 0 saturated carbocycles. The average Bonchev–Trinajstić information content (AvgIpc) is 3.40. The minimum absolute atomic E-state index is 0.0317. The van der Waals surface area contributed by atoms with Crippen molar-refractivity contribution in [2.24, 2.45) is 0 Å². The third kappa shape index (κ3) is 4.45. The first-order valence-corrected chi connectivity index (χ1v) is 10.1. The lowest BCUT2D eigenvalue weighted by molar-refractivity contribution is -0.152. The zero-order chi connectivity index (χ0) is 22.0. The smallest absolute Gasteiger partial charge is 0.326 e. The van der Waals surface area contributed by atoms with Crippen LogP contribution in [0, 0.1) is 6.92 Å². The summed E-state index contributed by atoms with van der Waals surface area (Å²) in [6.45, 7) is 2.47. The van der Waals surface area contributed by atoms with Crippen molar-refractivity contribution in [1.29, 1.82) is 0 Å². The van der Waals surface area contributed by atoms with E-state index in [4.69, 9.17) is 9.47 Å². The Morgan fingerprint density at radius 1 is 1.03 bits per heavy atom. The van der Waals surface area contributed by atoms with Gasteiger partial charge in [0.1, 0.15) is 6.04 Å². The molecular formula is C23H24N2O6. The third-order valence-electron chi connectivity index (χ3n) is 5.64. The van der Waals surface area contributed by atoms with Crippen molar-refractivity contribution < 1.29 is 29.0 Å². The van der Waals surface area contributed by atoms with E-state index in [9.17, 15) is 19.5 Å². The highest BCUT2D eigenvalue weighted by atomic mass is 16.7. The van der Waals surface area contributed by atoms with Crippen molar-refractivity contribution in [2.45, 2.75) is 25.2 Å². The summed E-state index contributed by atoms with van der Waals surface area (Å²) in [6.07, 6.45) is 0.0719. The predicted octanol–water partition coefficient (Wildman–Crippen LogP) is 1.82. The van der Waals surface area contributed by atoms with Gasteiger partial charge < -0.3 is 24.8 Å². The molecule has 2 aliphatic heterocycles. The van der Waals surface area contributed by atoms with Gasteiger partial charge in [0.2, 0.25) is 5.91 Å². The van der Waals surface area contributed by atoms with Crippen molar-refractivity contribution in [1.82, 2.24) is 10.2 Å². The second-order valence-corrected chi connectivity index (χ2v) is 7.81. The second-order valence-electron chi connectivity index (χ2n) is 7.81. The van der Waals surface area contributed by atoms with Crippen LogP contribution in [0.5, 0.6) is 0 Å². The molecule has 2 fully saturated rings. The lowest BCUT2D eigenvalue weighted by atomic mass is 10.0. The normalized spacial score (nSPS) is 19.5. The van der Waals surface area contributed by atoms with Gasteiger partial charge in [0, 0.05) is 12.0 Å². The summed E-state index contributed by atoms with van der Waals surface area (Å²) < 4.78 is 11.1. The van der Waals surface area contributed by atoms with Crippen molar-refractivity contribution in [3.63, 3.8) is 0 Å². The molecule has 31 heavy (non-hydrogen) atoms. The molecule has 4 rings (SSSR count). The van der Waals surface area contributed by atoms with Gasteiger partial charge >= 0.3 is 5.97 Å². The fourth-order valence-electron chi connectivity index (χ4n) is 3.95. The average molecular weight is 424 g/mol. The molecule has 0 aromatic heterocycles. The number of benzene rings is 2. The number of aliphatic carboxylic acids is 1. The first-order chi connectivity index (χ1) is 14.9. The number of nitrogens with zero attached hydrogens (tertiary/aromatic N) is 1. The van der Waals surface area contributed by atoms with E-state index in [2.05, 4.69) is 5.32 Å². The number of carbonyl (C=O) groups is 3. The van der Waals surface area contributed by atoms with Gasteiger partial charge in [0.05, 0.1) is 26.3 Å². The molecule has 0 bridgehead atoms. The maximum atomic E-state index is 12.6. The minimum Gasteiger partial charge on any atom is -0.480 e. The molecule has 2 aromatic carbocycles. The van der Waals surface area contributed by atoms with Crippen molar-refractivity contribution in [2.75, 3.05) is 26.3 Å². The Hall–Kier alpha value is -3.23. The number of ether oxygens (including phenoxy) is 2. The highest BCUT2D eigenvalue weighted by Gasteiger charge is 2.52. The van der Waals surface area contributed by atoms with E-state index in [0.717, 1.165) is 11.1 Å². The van der Waals surface area contributed by atoms with Gasteiger partial charge in [-0.25, -0.2) is 4.79 Å². The van der Waals surface area contributed by atoms with Gasteiger partial charge in [-0.1, -0.05) is 42.0 Å². The van der Waals surface area contributed by atoms with Gasteiger partial charge in [0.15, 0.2) is 5.79 Å². The summed E-state index contributed by atoms with van der Waals surface area (Å²) >= 11 is 0. The molecule has 2 saturated heterocycles. The largest absolute Gasteiger partial charge is 0.480 e. The Morgan fingerprint density at radius 2 is 1.61 bits per heavy atom. The van der Waals surface area contributed by atoms with Crippen LogP contribution in [-0.4, -0.2) is 65.9 Å². The summed E-state index contributed by atoms with van der Waals surface area (Å²) in [7, 11) is 0. The van der Waals surface area contributed by atoms with Gasteiger partial charge in [-0.2, -0.15) is 0 Å². The van der Waals surface area contributed by atoms with Gasteiger partial charge in [-0.3, -0.25) is 9.59 Å². The predicted molar refractivity (Wildman–Crippen MR) is 111 cm³/mol. The highest BCUT2D eigenvalue weighted by Crippen LogP contribution is 2.34. The molecule has 162 valence electrons. The monoisotopic (exact) mass is 424 g/mol. The molecule has 0 unspecified atom stereocenters. The molecule has 1 atom stereocenters. The van der Waals surface area contributed by atoms with Gasteiger partial charge in [-0.05, 0) is 30.2 Å². The molecule has 2 heterocycles. The van der Waals surface area contributed by atoms with E-state index in [-0.39, 0.29) is 19.5 Å². The Morgan fingerprint density at radius 3 is 2.19 bits per heavy atom. The van der Waals surface area contributed by atoms with Crippen LogP contribution in [0.3, 0.4) is 0 Å². The molecule has 2 amide bonds. The summed E-state index contributed by atoms with van der Waals surface area (Å²) in [5, 5.41) is 12.1. The van der Waals surface area contributed by atoms with Crippen molar-refractivity contribution in [3.05, 3.63) is 59.7 Å². The number of hydrogen-bond donors (Lipinski definition) is 2. The van der Waals surface area contributed by atoms with Crippen LogP contribution in [0.15, 0.2) is 48.5 Å². The first-order valence-electron chi connectivity index (χ1n) is 10.1. The number of rotatable bonds is 5. The van der Waals surface area contributed by atoms with Crippen LogP contribution in [0.25, 0.3) is 11.1 Å². The Kier molecular flexibility index (Phi) is 5.75. The summed E-state index contributed by atoms with van der Waals surface area (Å²) in [5.41, 5.74) is 3.62. The maximum absolute atomic E-state index is 12.6. The van der Waals surface area contributed by atoms with E-state index in [0.29, 0.717) is 18.8 Å². The van der Waals surface area contributed by atoms with Crippen LogP contribution >= 0.6 is 0 Å². The SMILES string of the molecule is Cc1ccc(-c2ccc(C(=O)NCC(=O)N3CC4(C[C@H]3C(=O)O)OCCO4)cc2)cc1. The molecule has 0 radical (unpaired) electrons. The lowest BCUT2D eigenvalue weighted by Crippen LogP contribution is -2.46. The van der Waals surface area contributed by atoms with Crippen LogP contribution in [0.1, 0.15) is 22.3 Å². The van der Waals surface area contributed by atoms with Crippen LogP contribution in [0.4, 0.5) is 0 Å². The molecule has 2 N–H and O–H groups in total. The number of hydrogen-bond acceptors (Lipinski definition) is 5. The Bertz CT molecular complexity index is 980. The number of carbonyl (C=O) groups excluding carboxylic acids is 2. The lowest BCUT2D eigenvalue weighted by Gasteiger charge is -2.23. The summed E-state index contributed by atoms with van der Waals surface area (Å²) in [6, 6.07) is 14.1. The van der Waals surface area contributed by atoms with E-state index >= 15 is 0 Å². The molecular weight excluding hydrogens is 400 g/mol. The van der Waals surface area contributed by atoms with E-state index in [1.807, 2.05) is 43.3 Å². The Balaban J connectivity index is 1.37. The number of likely N-dealkylation sites (tertiary alicyclic amines) is 1. The quantitative estimate of drug-likeness (QED) is 0.759. The summed E-state index contributed by atoms with van der Waals surface area (Å²) in [5.74, 6) is -3.08. The third-order valence-corrected chi connectivity index (χ3v) is 5.64. The fourth-order valence-corrected chi connectivity index (χ4v) is 3.95. The summed E-state index contributed by atoms with van der Waals surface area (Å²) in [4.78, 5) is 37.9. The number of nitrogens with one attached hydrogen (secondary N) is 1. The van der Waals surface area contributed by atoms with Crippen LogP contribution in [-0.2, 0) is 19.1 Å². The highest BCUT2D eigenvalue weighted by molar-refractivity contribution is 5.97. The topological polar surface area (TPSA) is 105 Å². The Labute approximate surface area is 179 Å². The minimum atomic E-state index is -1.12. The fraction of sp³-hybridized carbons (Fsp3) is 0.348. The molecule has 8 heteroatoms. The molecule has 8 nitrogen and oxygen atoms in total. The van der Waals surface area contributed by atoms with Gasteiger partial charge in [-0.15, -0.1) is 0 Å². The molecule has 0 aliphatic carbocycles. The number of carboxylic acid groups (broad SMARTS) is 1. The van der Waals surface area contributed by atoms with Crippen LogP contribution in [0.2, 0.25) is 0 Å². The molecule has 2 aromatic rings. The number of carboxylic acids is 1. The van der Waals surface area contributed by atoms with E-state index in [1.54, 1.807) is 12.1 Å².